The summed E-state index contributed by atoms with van der Waals surface area (Å²) in [5.74, 6) is -2.57. The third-order valence-corrected chi connectivity index (χ3v) is 7.26. The Labute approximate surface area is 210 Å². The van der Waals surface area contributed by atoms with E-state index in [4.69, 9.17) is 4.74 Å². The van der Waals surface area contributed by atoms with Crippen molar-refractivity contribution in [1.29, 1.82) is 0 Å². The van der Waals surface area contributed by atoms with E-state index in [-0.39, 0.29) is 17.2 Å². The second-order valence-electron chi connectivity index (χ2n) is 9.07. The summed E-state index contributed by atoms with van der Waals surface area (Å²) in [6, 6.07) is 17.7. The fourth-order valence-corrected chi connectivity index (χ4v) is 5.57. The van der Waals surface area contributed by atoms with Gasteiger partial charge in [0.25, 0.3) is 5.69 Å². The molecule has 184 valence electrons. The number of fused-ring (bicyclic) bond motifs is 5. The van der Waals surface area contributed by atoms with Crippen molar-refractivity contribution in [2.24, 2.45) is 16.9 Å². The molecular weight excluding hydrogens is 476 g/mol. The minimum atomic E-state index is -1.01. The van der Waals surface area contributed by atoms with Crippen molar-refractivity contribution in [2.75, 3.05) is 12.0 Å². The predicted molar refractivity (Wildman–Crippen MR) is 132 cm³/mol. The van der Waals surface area contributed by atoms with Crippen LogP contribution in [-0.2, 0) is 9.59 Å². The highest BCUT2D eigenvalue weighted by Gasteiger charge is 2.65. The van der Waals surface area contributed by atoms with Crippen LogP contribution in [0.1, 0.15) is 27.5 Å². The first-order valence-electron chi connectivity index (χ1n) is 11.6. The van der Waals surface area contributed by atoms with Crippen molar-refractivity contribution < 1.29 is 24.0 Å². The molecule has 3 aliphatic rings. The molecule has 3 aromatic rings. The molecule has 0 bridgehead atoms. The van der Waals surface area contributed by atoms with Gasteiger partial charge >= 0.3 is 0 Å². The van der Waals surface area contributed by atoms with Gasteiger partial charge in [-0.15, -0.1) is 0 Å². The Balaban J connectivity index is 1.45. The number of carbonyl (C=O) groups excluding carboxylic acids is 3. The lowest BCUT2D eigenvalue weighted by Crippen LogP contribution is -2.44. The average molecular weight is 496 g/mol. The van der Waals surface area contributed by atoms with Gasteiger partial charge in [-0.1, -0.05) is 24.3 Å². The smallest absolute Gasteiger partial charge is 0.269 e. The number of ether oxygens (including phenoxy) is 1. The van der Waals surface area contributed by atoms with Gasteiger partial charge in [0.05, 0.1) is 41.8 Å². The Morgan fingerprint density at radius 3 is 2.30 bits per heavy atom. The summed E-state index contributed by atoms with van der Waals surface area (Å²) in [6.07, 6.45) is 1.64. The topological polar surface area (TPSA) is 122 Å². The van der Waals surface area contributed by atoms with Gasteiger partial charge in [-0.3, -0.25) is 29.5 Å². The summed E-state index contributed by atoms with van der Waals surface area (Å²) in [6.45, 7) is 0. The molecule has 0 saturated carbocycles. The van der Waals surface area contributed by atoms with Crippen molar-refractivity contribution in [3.8, 4) is 5.75 Å². The third kappa shape index (κ3) is 3.33. The van der Waals surface area contributed by atoms with Crippen LogP contribution in [0.25, 0.3) is 0 Å². The summed E-state index contributed by atoms with van der Waals surface area (Å²) in [7, 11) is 1.53. The van der Waals surface area contributed by atoms with Crippen LogP contribution in [-0.4, -0.2) is 46.9 Å². The first-order valence-corrected chi connectivity index (χ1v) is 11.6. The second kappa shape index (κ2) is 8.37. The minimum Gasteiger partial charge on any atom is -0.497 e. The van der Waals surface area contributed by atoms with Gasteiger partial charge in [0.15, 0.2) is 5.78 Å². The van der Waals surface area contributed by atoms with Gasteiger partial charge in [0.2, 0.25) is 11.8 Å². The number of nitrogens with zero attached hydrogens (tertiary/aromatic N) is 4. The number of imide groups is 1. The first kappa shape index (κ1) is 22.6. The summed E-state index contributed by atoms with van der Waals surface area (Å²) >= 11 is 0. The minimum absolute atomic E-state index is 0.155. The number of nitro groups is 1. The quantitative estimate of drug-likeness (QED) is 0.230. The SMILES string of the molecule is COc1ccc(C(=O)[C@@H]2[C@@H]3C(=O)N(c4ccc([N+](=O)[O-])cc4)C(=O)[C@H]3[C@@H]3c4ccccc4C=NN23)cc1. The van der Waals surface area contributed by atoms with E-state index in [0.29, 0.717) is 11.3 Å². The first-order chi connectivity index (χ1) is 17.9. The van der Waals surface area contributed by atoms with Gasteiger partial charge in [-0.05, 0) is 47.5 Å². The van der Waals surface area contributed by atoms with Gasteiger partial charge in [0.1, 0.15) is 11.8 Å². The largest absolute Gasteiger partial charge is 0.497 e. The van der Waals surface area contributed by atoms with Gasteiger partial charge in [0, 0.05) is 17.7 Å². The van der Waals surface area contributed by atoms with E-state index in [1.54, 1.807) is 35.5 Å². The molecule has 10 nitrogen and oxygen atoms in total. The molecule has 2 saturated heterocycles. The third-order valence-electron chi connectivity index (χ3n) is 7.26. The lowest BCUT2D eigenvalue weighted by atomic mass is 9.83. The molecule has 0 radical (unpaired) electrons. The van der Waals surface area contributed by atoms with E-state index >= 15 is 0 Å². The number of anilines is 1. The van der Waals surface area contributed by atoms with Gasteiger partial charge in [-0.2, -0.15) is 5.10 Å². The summed E-state index contributed by atoms with van der Waals surface area (Å²) < 4.78 is 5.19. The number of rotatable bonds is 5. The maximum absolute atomic E-state index is 13.9. The maximum Gasteiger partial charge on any atom is 0.269 e. The number of nitro benzene ring substituents is 1. The molecule has 2 amide bonds. The zero-order valence-electron chi connectivity index (χ0n) is 19.6. The van der Waals surface area contributed by atoms with Crippen molar-refractivity contribution in [1.82, 2.24) is 5.01 Å². The highest BCUT2D eigenvalue weighted by molar-refractivity contribution is 6.24. The average Bonchev–Trinajstić information content (AvgIpc) is 3.40. The Kier molecular flexibility index (Phi) is 5.11. The second-order valence-corrected chi connectivity index (χ2v) is 9.07. The number of ketones is 1. The highest BCUT2D eigenvalue weighted by atomic mass is 16.6. The lowest BCUT2D eigenvalue weighted by molar-refractivity contribution is -0.384. The molecule has 3 heterocycles. The van der Waals surface area contributed by atoms with Crippen LogP contribution in [0.3, 0.4) is 0 Å². The van der Waals surface area contributed by atoms with E-state index in [0.717, 1.165) is 16.0 Å². The van der Waals surface area contributed by atoms with Crippen LogP contribution in [0.15, 0.2) is 77.9 Å². The zero-order chi connectivity index (χ0) is 25.8. The predicted octanol–water partition coefficient (Wildman–Crippen LogP) is 3.36. The number of hydrazone groups is 1. The molecule has 0 aliphatic carbocycles. The molecule has 6 rings (SSSR count). The van der Waals surface area contributed by atoms with Crippen molar-refractivity contribution in [2.45, 2.75) is 12.1 Å². The number of Topliss-reactive ketones (excluding diaryl/α,β-unsaturated/α-hetero) is 1. The summed E-state index contributed by atoms with van der Waals surface area (Å²) in [5, 5.41) is 17.2. The number of carbonyl (C=O) groups is 3. The number of non-ortho nitro benzene ring substituents is 1. The lowest BCUT2D eigenvalue weighted by Gasteiger charge is -2.33. The zero-order valence-corrected chi connectivity index (χ0v) is 19.6. The molecule has 3 aromatic carbocycles. The molecule has 10 heteroatoms. The normalized spacial score (nSPS) is 23.5. The van der Waals surface area contributed by atoms with E-state index in [9.17, 15) is 24.5 Å². The van der Waals surface area contributed by atoms with Crippen LogP contribution >= 0.6 is 0 Å². The molecule has 0 N–H and O–H groups in total. The van der Waals surface area contributed by atoms with Gasteiger partial charge in [-0.25, -0.2) is 4.90 Å². The molecule has 4 atom stereocenters. The van der Waals surface area contributed by atoms with Crippen LogP contribution in [0.5, 0.6) is 5.75 Å². The molecule has 37 heavy (non-hydrogen) atoms. The van der Waals surface area contributed by atoms with Gasteiger partial charge < -0.3 is 4.74 Å². The molecule has 2 fully saturated rings. The maximum atomic E-state index is 13.9. The number of hydrogen-bond donors (Lipinski definition) is 0. The van der Waals surface area contributed by atoms with E-state index in [1.165, 1.54) is 31.4 Å². The van der Waals surface area contributed by atoms with Crippen molar-refractivity contribution in [3.63, 3.8) is 0 Å². The Morgan fingerprint density at radius 2 is 1.62 bits per heavy atom. The number of benzene rings is 3. The van der Waals surface area contributed by atoms with Crippen LogP contribution in [0.4, 0.5) is 11.4 Å². The fraction of sp³-hybridized carbons (Fsp3) is 0.185. The molecule has 0 unspecified atom stereocenters. The highest BCUT2D eigenvalue weighted by Crippen LogP contribution is 2.53. The summed E-state index contributed by atoms with van der Waals surface area (Å²) in [4.78, 5) is 53.1. The number of methoxy groups -OCH3 is 1. The van der Waals surface area contributed by atoms with E-state index in [1.807, 2.05) is 24.3 Å². The Bertz CT molecular complexity index is 1480. The van der Waals surface area contributed by atoms with E-state index < -0.39 is 40.7 Å². The van der Waals surface area contributed by atoms with E-state index in [2.05, 4.69) is 5.10 Å². The number of amides is 2. The van der Waals surface area contributed by atoms with Crippen molar-refractivity contribution >= 4 is 35.2 Å². The molecule has 3 aliphatic heterocycles. The standard InChI is InChI=1S/C27H20N4O6/c1-37-19-12-6-15(7-13-19)25(32)24-22-21(23-20-5-3-2-4-16(20)14-28-30(23)24)26(33)29(27(22)34)17-8-10-18(11-9-17)31(35)36/h2-14,21-24H,1H3/t21-,22-,23+,24+/m1/s1. The molecule has 0 spiro atoms. The van der Waals surface area contributed by atoms with Crippen molar-refractivity contribution in [3.05, 3.63) is 99.6 Å². The fourth-order valence-electron chi connectivity index (χ4n) is 5.57. The van der Waals surface area contributed by atoms with Crippen LogP contribution in [0.2, 0.25) is 0 Å². The summed E-state index contributed by atoms with van der Waals surface area (Å²) in [5.41, 5.74) is 2.06. The number of hydrogen-bond acceptors (Lipinski definition) is 8. The Hall–Kier alpha value is -4.86. The monoisotopic (exact) mass is 496 g/mol. The van der Waals surface area contributed by atoms with Crippen LogP contribution < -0.4 is 9.64 Å². The Morgan fingerprint density at radius 1 is 0.946 bits per heavy atom. The molecule has 0 aromatic heterocycles. The van der Waals surface area contributed by atoms with Crippen LogP contribution in [0, 0.1) is 22.0 Å². The molecular formula is C27H20N4O6.